The quantitative estimate of drug-likeness (QED) is 0.653. The number of esters is 1. The first kappa shape index (κ1) is 15.2. The topological polar surface area (TPSA) is 58.6 Å². The van der Waals surface area contributed by atoms with Crippen LogP contribution in [-0.4, -0.2) is 30.9 Å². The SMILES string of the molecule is COC(=O)C(NCC(F)(F)F)c1ccc(O)c(F)c1. The van der Waals surface area contributed by atoms with Crippen molar-refractivity contribution in [1.29, 1.82) is 0 Å². The van der Waals surface area contributed by atoms with Crippen molar-refractivity contribution in [2.45, 2.75) is 12.2 Å². The molecule has 19 heavy (non-hydrogen) atoms. The number of benzene rings is 1. The van der Waals surface area contributed by atoms with Crippen molar-refractivity contribution in [2.75, 3.05) is 13.7 Å². The van der Waals surface area contributed by atoms with E-state index in [9.17, 15) is 22.4 Å². The van der Waals surface area contributed by atoms with Crippen molar-refractivity contribution in [1.82, 2.24) is 5.32 Å². The normalized spacial score (nSPS) is 13.1. The second-order valence-corrected chi connectivity index (χ2v) is 3.66. The molecule has 0 aliphatic heterocycles. The van der Waals surface area contributed by atoms with Gasteiger partial charge in [-0.05, 0) is 17.7 Å². The number of phenolic OH excluding ortho intramolecular Hbond substituents is 1. The monoisotopic (exact) mass is 281 g/mol. The molecule has 4 nitrogen and oxygen atoms in total. The minimum atomic E-state index is -4.53. The molecule has 0 aliphatic carbocycles. The number of aromatic hydroxyl groups is 1. The van der Waals surface area contributed by atoms with E-state index in [0.29, 0.717) is 0 Å². The number of phenols is 1. The molecule has 106 valence electrons. The van der Waals surface area contributed by atoms with Gasteiger partial charge in [-0.25, -0.2) is 9.18 Å². The Labute approximate surface area is 106 Å². The van der Waals surface area contributed by atoms with Crippen molar-refractivity contribution in [3.63, 3.8) is 0 Å². The lowest BCUT2D eigenvalue weighted by atomic mass is 10.1. The van der Waals surface area contributed by atoms with Gasteiger partial charge in [0.25, 0.3) is 0 Å². The fourth-order valence-corrected chi connectivity index (χ4v) is 1.38. The molecule has 1 rings (SSSR count). The molecule has 0 amide bonds. The highest BCUT2D eigenvalue weighted by molar-refractivity contribution is 5.77. The number of carbonyl (C=O) groups is 1. The molecule has 0 aliphatic rings. The van der Waals surface area contributed by atoms with Gasteiger partial charge in [0.1, 0.15) is 6.04 Å². The van der Waals surface area contributed by atoms with Crippen LogP contribution in [0.1, 0.15) is 11.6 Å². The Balaban J connectivity index is 2.96. The zero-order valence-corrected chi connectivity index (χ0v) is 9.79. The molecule has 0 aromatic heterocycles. The van der Waals surface area contributed by atoms with Gasteiger partial charge in [-0.2, -0.15) is 13.2 Å². The first-order valence-corrected chi connectivity index (χ1v) is 5.11. The fourth-order valence-electron chi connectivity index (χ4n) is 1.38. The van der Waals surface area contributed by atoms with Gasteiger partial charge in [0.2, 0.25) is 0 Å². The number of alkyl halides is 3. The van der Waals surface area contributed by atoms with E-state index in [2.05, 4.69) is 4.74 Å². The number of nitrogens with one attached hydrogen (secondary N) is 1. The van der Waals surface area contributed by atoms with Crippen LogP contribution in [0.4, 0.5) is 17.6 Å². The molecule has 0 saturated heterocycles. The van der Waals surface area contributed by atoms with Crippen molar-refractivity contribution < 1.29 is 32.2 Å². The smallest absolute Gasteiger partial charge is 0.401 e. The van der Waals surface area contributed by atoms with E-state index in [1.54, 1.807) is 0 Å². The summed E-state index contributed by atoms with van der Waals surface area (Å²) in [6.07, 6.45) is -4.53. The molecule has 1 aromatic carbocycles. The van der Waals surface area contributed by atoms with Gasteiger partial charge >= 0.3 is 12.1 Å². The minimum absolute atomic E-state index is 0.0774. The van der Waals surface area contributed by atoms with Crippen molar-refractivity contribution in [2.24, 2.45) is 0 Å². The molecule has 0 spiro atoms. The predicted molar refractivity (Wildman–Crippen MR) is 56.9 cm³/mol. The highest BCUT2D eigenvalue weighted by Gasteiger charge is 2.31. The summed E-state index contributed by atoms with van der Waals surface area (Å²) >= 11 is 0. The van der Waals surface area contributed by atoms with Crippen LogP contribution in [0.15, 0.2) is 18.2 Å². The van der Waals surface area contributed by atoms with E-state index in [1.807, 2.05) is 5.32 Å². The Morgan fingerprint density at radius 1 is 1.47 bits per heavy atom. The Morgan fingerprint density at radius 3 is 2.58 bits per heavy atom. The zero-order valence-electron chi connectivity index (χ0n) is 9.79. The van der Waals surface area contributed by atoms with Crippen LogP contribution in [0.5, 0.6) is 5.75 Å². The molecule has 2 N–H and O–H groups in total. The molecule has 1 unspecified atom stereocenters. The molecule has 0 bridgehead atoms. The largest absolute Gasteiger partial charge is 0.505 e. The Hall–Kier alpha value is -1.83. The molecule has 0 fully saturated rings. The fraction of sp³-hybridized carbons (Fsp3) is 0.364. The van der Waals surface area contributed by atoms with E-state index < -0.39 is 36.3 Å². The van der Waals surface area contributed by atoms with Crippen LogP contribution in [0.25, 0.3) is 0 Å². The maximum Gasteiger partial charge on any atom is 0.401 e. The lowest BCUT2D eigenvalue weighted by Gasteiger charge is -2.18. The maximum absolute atomic E-state index is 13.1. The predicted octanol–water partition coefficient (Wildman–Crippen LogP) is 1.90. The molecule has 0 heterocycles. The third-order valence-electron chi connectivity index (χ3n) is 2.25. The molecule has 0 saturated carbocycles. The zero-order chi connectivity index (χ0) is 14.6. The Kier molecular flexibility index (Phi) is 4.71. The van der Waals surface area contributed by atoms with Gasteiger partial charge < -0.3 is 9.84 Å². The summed E-state index contributed by atoms with van der Waals surface area (Å²) in [6, 6.07) is 1.36. The molecule has 0 radical (unpaired) electrons. The Bertz CT molecular complexity index is 462. The van der Waals surface area contributed by atoms with Crippen molar-refractivity contribution >= 4 is 5.97 Å². The number of ether oxygens (including phenoxy) is 1. The van der Waals surface area contributed by atoms with Gasteiger partial charge in [0.15, 0.2) is 11.6 Å². The first-order valence-electron chi connectivity index (χ1n) is 5.11. The Morgan fingerprint density at radius 2 is 2.11 bits per heavy atom. The number of halogens is 4. The van der Waals surface area contributed by atoms with E-state index in [0.717, 1.165) is 25.3 Å². The molecular formula is C11H11F4NO3. The van der Waals surface area contributed by atoms with Crippen LogP contribution >= 0.6 is 0 Å². The second kappa shape index (κ2) is 5.87. The van der Waals surface area contributed by atoms with Gasteiger partial charge in [0, 0.05) is 0 Å². The number of rotatable bonds is 4. The summed E-state index contributed by atoms with van der Waals surface area (Å²) in [6.45, 7) is -1.44. The van der Waals surface area contributed by atoms with Gasteiger partial charge in [-0.3, -0.25) is 5.32 Å². The maximum atomic E-state index is 13.1. The van der Waals surface area contributed by atoms with E-state index >= 15 is 0 Å². The second-order valence-electron chi connectivity index (χ2n) is 3.66. The first-order chi connectivity index (χ1) is 8.74. The van der Waals surface area contributed by atoms with Gasteiger partial charge in [-0.1, -0.05) is 6.07 Å². The molecule has 8 heteroatoms. The highest BCUT2D eigenvalue weighted by atomic mass is 19.4. The number of carbonyl (C=O) groups excluding carboxylic acids is 1. The van der Waals surface area contributed by atoms with E-state index in [-0.39, 0.29) is 5.56 Å². The number of methoxy groups -OCH3 is 1. The lowest BCUT2D eigenvalue weighted by Crippen LogP contribution is -2.36. The van der Waals surface area contributed by atoms with Crippen molar-refractivity contribution in [3.8, 4) is 5.75 Å². The summed E-state index contributed by atoms with van der Waals surface area (Å²) < 4.78 is 53.8. The van der Waals surface area contributed by atoms with Crippen molar-refractivity contribution in [3.05, 3.63) is 29.6 Å². The van der Waals surface area contributed by atoms with Crippen LogP contribution < -0.4 is 5.32 Å². The molecule has 1 atom stereocenters. The third-order valence-corrected chi connectivity index (χ3v) is 2.25. The average Bonchev–Trinajstić information content (AvgIpc) is 2.32. The summed E-state index contributed by atoms with van der Waals surface area (Å²) in [7, 11) is 1.00. The number of hydrogen-bond donors (Lipinski definition) is 2. The van der Waals surface area contributed by atoms with Crippen LogP contribution in [0.3, 0.4) is 0 Å². The average molecular weight is 281 g/mol. The van der Waals surface area contributed by atoms with Gasteiger partial charge in [-0.15, -0.1) is 0 Å². The molecule has 1 aromatic rings. The third kappa shape index (κ3) is 4.40. The van der Waals surface area contributed by atoms with Crippen LogP contribution in [-0.2, 0) is 9.53 Å². The van der Waals surface area contributed by atoms with E-state index in [1.165, 1.54) is 0 Å². The summed E-state index contributed by atoms with van der Waals surface area (Å²) in [5.41, 5.74) is -0.0774. The summed E-state index contributed by atoms with van der Waals surface area (Å²) in [5.74, 6) is -2.70. The minimum Gasteiger partial charge on any atom is -0.505 e. The van der Waals surface area contributed by atoms with Gasteiger partial charge in [0.05, 0.1) is 13.7 Å². The standard InChI is InChI=1S/C11H11F4NO3/c1-19-10(18)9(16-5-11(13,14)15)6-2-3-8(17)7(12)4-6/h2-4,9,16-17H,5H2,1H3. The van der Waals surface area contributed by atoms with Crippen LogP contribution in [0, 0.1) is 5.82 Å². The summed E-state index contributed by atoms with van der Waals surface area (Å²) in [5, 5.41) is 10.9. The molecular weight excluding hydrogens is 270 g/mol. The highest BCUT2D eigenvalue weighted by Crippen LogP contribution is 2.23. The lowest BCUT2D eigenvalue weighted by molar-refractivity contribution is -0.146. The summed E-state index contributed by atoms with van der Waals surface area (Å²) in [4.78, 5) is 11.4. The van der Waals surface area contributed by atoms with E-state index in [4.69, 9.17) is 5.11 Å². The number of hydrogen-bond acceptors (Lipinski definition) is 4. The van der Waals surface area contributed by atoms with Crippen LogP contribution in [0.2, 0.25) is 0 Å².